The fourth-order valence-electron chi connectivity index (χ4n) is 2.30. The summed E-state index contributed by atoms with van der Waals surface area (Å²) in [4.78, 5) is 4.05. The lowest BCUT2D eigenvalue weighted by Crippen LogP contribution is -2.15. The standard InChI is InChI=1S/C16H19ClN2O3S/c1-10(2)13-8-15(14(22-4)7-11(13)3)23(20,21)19-16-6-5-12(17)9-18-16/h5-10H,1-4H3,(H,18,19). The van der Waals surface area contributed by atoms with E-state index in [4.69, 9.17) is 16.3 Å². The number of sulfonamides is 1. The van der Waals surface area contributed by atoms with Crippen molar-refractivity contribution in [3.05, 3.63) is 46.6 Å². The molecule has 0 aliphatic carbocycles. The van der Waals surface area contributed by atoms with Crippen LogP contribution in [0.2, 0.25) is 5.02 Å². The zero-order chi connectivity index (χ0) is 17.2. The Morgan fingerprint density at radius 3 is 2.48 bits per heavy atom. The van der Waals surface area contributed by atoms with E-state index in [1.54, 1.807) is 18.2 Å². The van der Waals surface area contributed by atoms with Gasteiger partial charge in [0.05, 0.1) is 12.1 Å². The van der Waals surface area contributed by atoms with Crippen molar-refractivity contribution in [2.45, 2.75) is 31.6 Å². The van der Waals surface area contributed by atoms with Crippen LogP contribution in [0.4, 0.5) is 5.82 Å². The van der Waals surface area contributed by atoms with Crippen LogP contribution in [0.25, 0.3) is 0 Å². The van der Waals surface area contributed by atoms with Gasteiger partial charge in [-0.25, -0.2) is 13.4 Å². The maximum Gasteiger partial charge on any atom is 0.266 e. The Morgan fingerprint density at radius 2 is 1.96 bits per heavy atom. The summed E-state index contributed by atoms with van der Waals surface area (Å²) < 4.78 is 33.1. The van der Waals surface area contributed by atoms with E-state index in [-0.39, 0.29) is 16.6 Å². The zero-order valence-electron chi connectivity index (χ0n) is 13.4. The van der Waals surface area contributed by atoms with Crippen LogP contribution in [0.3, 0.4) is 0 Å². The third-order valence-electron chi connectivity index (χ3n) is 3.43. The number of methoxy groups -OCH3 is 1. The molecule has 0 saturated carbocycles. The summed E-state index contributed by atoms with van der Waals surface area (Å²) in [5.41, 5.74) is 1.94. The van der Waals surface area contributed by atoms with Crippen LogP contribution in [0.15, 0.2) is 35.4 Å². The van der Waals surface area contributed by atoms with E-state index in [0.29, 0.717) is 10.8 Å². The average molecular weight is 355 g/mol. The predicted molar refractivity (Wildman–Crippen MR) is 91.9 cm³/mol. The molecule has 0 atom stereocenters. The van der Waals surface area contributed by atoms with Gasteiger partial charge in [-0.15, -0.1) is 0 Å². The molecule has 1 N–H and O–H groups in total. The summed E-state index contributed by atoms with van der Waals surface area (Å²) in [5.74, 6) is 0.694. The van der Waals surface area contributed by atoms with E-state index >= 15 is 0 Å². The molecule has 1 aromatic heterocycles. The van der Waals surface area contributed by atoms with Crippen LogP contribution in [0.5, 0.6) is 5.75 Å². The van der Waals surface area contributed by atoms with Crippen LogP contribution < -0.4 is 9.46 Å². The minimum Gasteiger partial charge on any atom is -0.495 e. The molecule has 0 saturated heterocycles. The first-order chi connectivity index (χ1) is 10.7. The first-order valence-electron chi connectivity index (χ1n) is 7.07. The van der Waals surface area contributed by atoms with E-state index in [0.717, 1.165) is 11.1 Å². The number of anilines is 1. The number of hydrogen-bond acceptors (Lipinski definition) is 4. The number of rotatable bonds is 5. The lowest BCUT2D eigenvalue weighted by molar-refractivity contribution is 0.402. The molecule has 23 heavy (non-hydrogen) atoms. The third-order valence-corrected chi connectivity index (χ3v) is 5.03. The molecular weight excluding hydrogens is 336 g/mol. The molecule has 0 aliphatic rings. The molecule has 0 unspecified atom stereocenters. The quantitative estimate of drug-likeness (QED) is 0.881. The van der Waals surface area contributed by atoms with Gasteiger partial charge >= 0.3 is 0 Å². The molecule has 0 amide bonds. The van der Waals surface area contributed by atoms with Crippen molar-refractivity contribution in [3.63, 3.8) is 0 Å². The van der Waals surface area contributed by atoms with Crippen LogP contribution in [-0.4, -0.2) is 20.5 Å². The summed E-state index contributed by atoms with van der Waals surface area (Å²) in [6, 6.07) is 6.46. The Bertz CT molecular complexity index is 803. The molecular formula is C16H19ClN2O3S. The van der Waals surface area contributed by atoms with E-state index in [1.165, 1.54) is 19.4 Å². The molecule has 0 fully saturated rings. The van der Waals surface area contributed by atoms with E-state index < -0.39 is 10.0 Å². The molecule has 0 spiro atoms. The number of hydrogen-bond donors (Lipinski definition) is 1. The van der Waals surface area contributed by atoms with Crippen molar-refractivity contribution in [1.82, 2.24) is 4.98 Å². The van der Waals surface area contributed by atoms with E-state index in [2.05, 4.69) is 9.71 Å². The molecule has 2 aromatic rings. The van der Waals surface area contributed by atoms with Gasteiger partial charge in [0, 0.05) is 6.20 Å². The lowest BCUT2D eigenvalue weighted by Gasteiger charge is -2.16. The second-order valence-electron chi connectivity index (χ2n) is 5.48. The van der Waals surface area contributed by atoms with Gasteiger partial charge in [0.25, 0.3) is 10.0 Å². The van der Waals surface area contributed by atoms with Crippen molar-refractivity contribution >= 4 is 27.4 Å². The van der Waals surface area contributed by atoms with Gasteiger partial charge in [0.15, 0.2) is 0 Å². The number of nitrogens with one attached hydrogen (secondary N) is 1. The largest absolute Gasteiger partial charge is 0.495 e. The van der Waals surface area contributed by atoms with Crippen LogP contribution in [0.1, 0.15) is 30.9 Å². The normalized spacial score (nSPS) is 11.6. The first kappa shape index (κ1) is 17.6. The van der Waals surface area contributed by atoms with Crippen LogP contribution >= 0.6 is 11.6 Å². The number of nitrogens with zero attached hydrogens (tertiary/aromatic N) is 1. The summed E-state index contributed by atoms with van der Waals surface area (Å²) in [7, 11) is -2.37. The SMILES string of the molecule is COc1cc(C)c(C(C)C)cc1S(=O)(=O)Nc1ccc(Cl)cn1. The fraction of sp³-hybridized carbons (Fsp3) is 0.312. The van der Waals surface area contributed by atoms with E-state index in [1.807, 2.05) is 20.8 Å². The first-order valence-corrected chi connectivity index (χ1v) is 8.93. The Balaban J connectivity index is 2.49. The summed E-state index contributed by atoms with van der Waals surface area (Å²) >= 11 is 5.76. The predicted octanol–water partition coefficient (Wildman–Crippen LogP) is 3.98. The van der Waals surface area contributed by atoms with Crippen molar-refractivity contribution in [1.29, 1.82) is 0 Å². The summed E-state index contributed by atoms with van der Waals surface area (Å²) in [6.45, 7) is 5.96. The zero-order valence-corrected chi connectivity index (χ0v) is 15.0. The number of pyridine rings is 1. The molecule has 0 bridgehead atoms. The topological polar surface area (TPSA) is 68.3 Å². The van der Waals surface area contributed by atoms with E-state index in [9.17, 15) is 8.42 Å². The highest BCUT2D eigenvalue weighted by Gasteiger charge is 2.22. The minimum atomic E-state index is -3.82. The number of halogens is 1. The lowest BCUT2D eigenvalue weighted by atomic mass is 9.98. The smallest absolute Gasteiger partial charge is 0.266 e. The number of aromatic nitrogens is 1. The third kappa shape index (κ3) is 3.95. The maximum atomic E-state index is 12.7. The highest BCUT2D eigenvalue weighted by molar-refractivity contribution is 7.92. The van der Waals surface area contributed by atoms with Gasteiger partial charge in [0.1, 0.15) is 16.5 Å². The van der Waals surface area contributed by atoms with Gasteiger partial charge in [-0.2, -0.15) is 0 Å². The monoisotopic (exact) mass is 354 g/mol. The number of benzene rings is 1. The van der Waals surface area contributed by atoms with Crippen molar-refractivity contribution in [3.8, 4) is 5.75 Å². The number of aryl methyl sites for hydroxylation is 1. The average Bonchev–Trinajstić information content (AvgIpc) is 2.48. The Kier molecular flexibility index (Phi) is 5.16. The van der Waals surface area contributed by atoms with Gasteiger partial charge in [-0.3, -0.25) is 4.72 Å². The van der Waals surface area contributed by atoms with Crippen molar-refractivity contribution in [2.24, 2.45) is 0 Å². The molecule has 0 radical (unpaired) electrons. The number of ether oxygens (including phenoxy) is 1. The molecule has 2 rings (SSSR count). The molecule has 1 aromatic carbocycles. The minimum absolute atomic E-state index is 0.0889. The highest BCUT2D eigenvalue weighted by atomic mass is 35.5. The maximum absolute atomic E-state index is 12.7. The second kappa shape index (κ2) is 6.76. The molecule has 0 aliphatic heterocycles. The second-order valence-corrected chi connectivity index (χ2v) is 7.57. The van der Waals surface area contributed by atoms with Crippen LogP contribution in [0, 0.1) is 6.92 Å². The highest BCUT2D eigenvalue weighted by Crippen LogP contribution is 2.32. The van der Waals surface area contributed by atoms with Crippen molar-refractivity contribution < 1.29 is 13.2 Å². The Morgan fingerprint density at radius 1 is 1.26 bits per heavy atom. The van der Waals surface area contributed by atoms with Gasteiger partial charge < -0.3 is 4.74 Å². The van der Waals surface area contributed by atoms with Gasteiger partial charge in [0.2, 0.25) is 0 Å². The molecule has 1 heterocycles. The molecule has 5 nitrogen and oxygen atoms in total. The molecule has 124 valence electrons. The molecule has 7 heteroatoms. The van der Waals surface area contributed by atoms with Gasteiger partial charge in [-0.05, 0) is 48.2 Å². The van der Waals surface area contributed by atoms with Gasteiger partial charge in [-0.1, -0.05) is 25.4 Å². The summed E-state index contributed by atoms with van der Waals surface area (Å²) in [5, 5.41) is 0.433. The summed E-state index contributed by atoms with van der Waals surface area (Å²) in [6.07, 6.45) is 1.38. The van der Waals surface area contributed by atoms with Crippen LogP contribution in [-0.2, 0) is 10.0 Å². The Labute approximate surface area is 141 Å². The van der Waals surface area contributed by atoms with Crippen molar-refractivity contribution in [2.75, 3.05) is 11.8 Å². The fourth-order valence-corrected chi connectivity index (χ4v) is 3.60. The Hall–Kier alpha value is -1.79.